The van der Waals surface area contributed by atoms with Crippen molar-refractivity contribution in [1.82, 2.24) is 0 Å². The van der Waals surface area contributed by atoms with Gasteiger partial charge in [0.2, 0.25) is 0 Å². The molecule has 0 unspecified atom stereocenters. The molecule has 0 atom stereocenters. The quantitative estimate of drug-likeness (QED) is 0.127. The number of carbonyl (C=O) groups is 6. The lowest BCUT2D eigenvalue weighted by atomic mass is 9.77. The summed E-state index contributed by atoms with van der Waals surface area (Å²) in [6.07, 6.45) is 0. The second-order valence-corrected chi connectivity index (χ2v) is 9.07. The van der Waals surface area contributed by atoms with Gasteiger partial charge >= 0.3 is 35.8 Å². The molecule has 40 heavy (non-hydrogen) atoms. The normalized spacial score (nSPS) is 11.7. The number of benzene rings is 6. The van der Waals surface area contributed by atoms with E-state index in [9.17, 15) is 59.4 Å². The number of aromatic carboxylic acids is 6. The lowest BCUT2D eigenvalue weighted by molar-refractivity contribution is 0.0646. The molecule has 0 aliphatic rings. The Morgan fingerprint density at radius 3 is 1.43 bits per heavy atom. The number of fused-ring (bicyclic) bond motifs is 1. The molecule has 0 fully saturated rings. The van der Waals surface area contributed by atoms with Crippen LogP contribution >= 0.6 is 0 Å². The van der Waals surface area contributed by atoms with Gasteiger partial charge in [-0.2, -0.15) is 0 Å². The van der Waals surface area contributed by atoms with Crippen LogP contribution in [0.5, 0.6) is 0 Å². The lowest BCUT2D eigenvalue weighted by Crippen LogP contribution is -2.19. The molecule has 0 radical (unpaired) electrons. The van der Waals surface area contributed by atoms with Gasteiger partial charge in [0.05, 0.1) is 33.4 Å². The molecule has 6 aromatic carbocycles. The highest BCUT2D eigenvalue weighted by atomic mass is 16.4. The molecule has 0 heterocycles. The van der Waals surface area contributed by atoms with Crippen molar-refractivity contribution in [2.45, 2.75) is 0 Å². The van der Waals surface area contributed by atoms with Gasteiger partial charge in [-0.15, -0.1) is 0 Å². The maximum absolute atomic E-state index is 12.7. The van der Waals surface area contributed by atoms with E-state index in [4.69, 9.17) is 0 Å². The summed E-state index contributed by atoms with van der Waals surface area (Å²) < 4.78 is 0. The first kappa shape index (κ1) is 24.3. The molecule has 12 heteroatoms. The summed E-state index contributed by atoms with van der Waals surface area (Å²) in [5.41, 5.74) is -5.96. The smallest absolute Gasteiger partial charge is 0.337 e. The van der Waals surface area contributed by atoms with Crippen LogP contribution in [0.15, 0.2) is 36.4 Å². The van der Waals surface area contributed by atoms with Gasteiger partial charge in [0.1, 0.15) is 0 Å². The van der Waals surface area contributed by atoms with Crippen molar-refractivity contribution in [3.8, 4) is 0 Å². The van der Waals surface area contributed by atoms with Crippen LogP contribution in [0.1, 0.15) is 62.1 Å². The Labute approximate surface area is 219 Å². The van der Waals surface area contributed by atoms with Crippen molar-refractivity contribution in [2.75, 3.05) is 0 Å². The third-order valence-corrected chi connectivity index (χ3v) is 7.23. The van der Waals surface area contributed by atoms with E-state index in [2.05, 4.69) is 0 Å². The summed E-state index contributed by atoms with van der Waals surface area (Å²) in [4.78, 5) is 75.1. The van der Waals surface area contributed by atoms with Gasteiger partial charge in [0, 0.05) is 16.2 Å². The van der Waals surface area contributed by atoms with Crippen molar-refractivity contribution in [3.63, 3.8) is 0 Å². The second kappa shape index (κ2) is 7.74. The number of hydrogen-bond donors (Lipinski definition) is 6. The summed E-state index contributed by atoms with van der Waals surface area (Å²) >= 11 is 0. The minimum absolute atomic E-state index is 0.0202. The van der Waals surface area contributed by atoms with Crippen molar-refractivity contribution < 1.29 is 59.4 Å². The molecule has 6 N–H and O–H groups in total. The van der Waals surface area contributed by atoms with Crippen LogP contribution in [0.25, 0.3) is 53.9 Å². The molecular formula is C28H12O12. The fraction of sp³-hybridized carbons (Fsp3) is 0. The Kier molecular flexibility index (Phi) is 4.70. The maximum atomic E-state index is 12.7. The van der Waals surface area contributed by atoms with Crippen LogP contribution in [0.3, 0.4) is 0 Å². The predicted octanol–water partition coefficient (Wildman–Crippen LogP) is 4.52. The number of rotatable bonds is 6. The van der Waals surface area contributed by atoms with E-state index < -0.39 is 80.0 Å². The number of carboxylic acids is 6. The Morgan fingerprint density at radius 2 is 0.900 bits per heavy atom. The minimum atomic E-state index is -1.99. The summed E-state index contributed by atoms with van der Waals surface area (Å²) in [5.74, 6) is -11.1. The maximum Gasteiger partial charge on any atom is 0.337 e. The first-order chi connectivity index (χ1) is 18.9. The van der Waals surface area contributed by atoms with Gasteiger partial charge in [-0.05, 0) is 43.8 Å². The van der Waals surface area contributed by atoms with Crippen LogP contribution in [0.2, 0.25) is 0 Å². The lowest BCUT2D eigenvalue weighted by Gasteiger charge is -2.24. The van der Waals surface area contributed by atoms with Gasteiger partial charge in [-0.25, -0.2) is 28.8 Å². The Morgan fingerprint density at radius 1 is 0.400 bits per heavy atom. The van der Waals surface area contributed by atoms with Gasteiger partial charge in [0.15, 0.2) is 0 Å². The predicted molar refractivity (Wildman–Crippen MR) is 138 cm³/mol. The highest BCUT2D eigenvalue weighted by Gasteiger charge is 2.37. The van der Waals surface area contributed by atoms with E-state index in [1.165, 1.54) is 18.2 Å². The molecule has 0 amide bonds. The molecule has 0 bridgehead atoms. The SMILES string of the molecule is O=C(O)c1cc2c3cccc4ccc5c(C(=O)O)c(C(=O)O)c6c(C(=O)O)c(C(=O)O)c(c1C(=O)O)c2c6c5c43. The van der Waals surface area contributed by atoms with E-state index in [0.29, 0.717) is 16.2 Å². The zero-order valence-corrected chi connectivity index (χ0v) is 19.6. The first-order valence-corrected chi connectivity index (χ1v) is 11.3. The van der Waals surface area contributed by atoms with Crippen LogP contribution in [0.4, 0.5) is 0 Å². The summed E-state index contributed by atoms with van der Waals surface area (Å²) in [6, 6.07) is 8.64. The van der Waals surface area contributed by atoms with Crippen LogP contribution in [-0.2, 0) is 0 Å². The average molecular weight is 540 g/mol. The molecule has 6 aromatic rings. The van der Waals surface area contributed by atoms with Crippen LogP contribution in [0, 0.1) is 0 Å². The third-order valence-electron chi connectivity index (χ3n) is 7.23. The molecule has 0 aliphatic heterocycles. The topological polar surface area (TPSA) is 224 Å². The fourth-order valence-corrected chi connectivity index (χ4v) is 5.99. The molecule has 0 saturated heterocycles. The minimum Gasteiger partial charge on any atom is -0.478 e. The van der Waals surface area contributed by atoms with E-state index in [1.54, 1.807) is 12.1 Å². The van der Waals surface area contributed by atoms with Gasteiger partial charge in [0.25, 0.3) is 0 Å². The number of hydrogen-bond acceptors (Lipinski definition) is 6. The Hall–Kier alpha value is -6.04. The Balaban J connectivity index is 2.23. The van der Waals surface area contributed by atoms with Gasteiger partial charge in [-0.1, -0.05) is 30.3 Å². The van der Waals surface area contributed by atoms with Gasteiger partial charge in [-0.3, -0.25) is 0 Å². The summed E-state index contributed by atoms with van der Waals surface area (Å²) in [7, 11) is 0. The van der Waals surface area contributed by atoms with E-state index in [1.807, 2.05) is 0 Å². The highest BCUT2D eigenvalue weighted by Crippen LogP contribution is 2.50. The van der Waals surface area contributed by atoms with Crippen molar-refractivity contribution in [3.05, 3.63) is 69.8 Å². The van der Waals surface area contributed by atoms with E-state index in [-0.39, 0.29) is 26.9 Å². The van der Waals surface area contributed by atoms with Crippen LogP contribution in [-0.4, -0.2) is 66.5 Å². The zero-order chi connectivity index (χ0) is 28.9. The fourth-order valence-electron chi connectivity index (χ4n) is 5.99. The molecule has 196 valence electrons. The van der Waals surface area contributed by atoms with Crippen molar-refractivity contribution in [2.24, 2.45) is 0 Å². The van der Waals surface area contributed by atoms with E-state index >= 15 is 0 Å². The molecule has 12 nitrogen and oxygen atoms in total. The monoisotopic (exact) mass is 540 g/mol. The van der Waals surface area contributed by atoms with Gasteiger partial charge < -0.3 is 30.6 Å². The molecular weight excluding hydrogens is 528 g/mol. The average Bonchev–Trinajstić information content (AvgIpc) is 2.88. The summed E-state index contributed by atoms with van der Waals surface area (Å²) in [5, 5.41) is 60.0. The molecule has 0 aliphatic carbocycles. The molecule has 6 rings (SSSR count). The molecule has 0 saturated carbocycles. The van der Waals surface area contributed by atoms with Crippen molar-refractivity contribution in [1.29, 1.82) is 0 Å². The Bertz CT molecular complexity index is 2220. The highest BCUT2D eigenvalue weighted by molar-refractivity contribution is 6.47. The van der Waals surface area contributed by atoms with E-state index in [0.717, 1.165) is 6.07 Å². The molecule has 0 aromatic heterocycles. The standard InChI is InChI=1S/C28H12O12/c29-23(30)11-6-10-8-3-1-2-7-4-5-9-13(12(7)8)17-14(10)18(16(11)25(33)34)21(27(37)38)22(28(39)40)19(17)20(26(35)36)15(9)24(31)32/h1-6H,(H,29,30)(H,31,32)(H,33,34)(H,35,36)(H,37,38)(H,39,40). The molecule has 0 spiro atoms. The second-order valence-electron chi connectivity index (χ2n) is 9.07. The first-order valence-electron chi connectivity index (χ1n) is 11.3. The zero-order valence-electron chi connectivity index (χ0n) is 19.6. The third kappa shape index (κ3) is 2.78. The van der Waals surface area contributed by atoms with Crippen LogP contribution < -0.4 is 0 Å². The number of carboxylic acid groups (broad SMARTS) is 6. The largest absolute Gasteiger partial charge is 0.478 e. The summed E-state index contributed by atoms with van der Waals surface area (Å²) in [6.45, 7) is 0. The van der Waals surface area contributed by atoms with Crippen molar-refractivity contribution >= 4 is 89.7 Å².